The summed E-state index contributed by atoms with van der Waals surface area (Å²) in [5.74, 6) is 0.292. The monoisotopic (exact) mass is 396 g/mol. The first-order valence-corrected chi connectivity index (χ1v) is 9.23. The number of fused-ring (bicyclic) bond motifs is 1. The second-order valence-electron chi connectivity index (χ2n) is 7.48. The van der Waals surface area contributed by atoms with Crippen LogP contribution in [-0.4, -0.2) is 38.4 Å². The van der Waals surface area contributed by atoms with Crippen molar-refractivity contribution >= 4 is 22.7 Å². The maximum absolute atomic E-state index is 11.7. The first-order valence-electron chi connectivity index (χ1n) is 9.23. The van der Waals surface area contributed by atoms with Gasteiger partial charge in [0.05, 0.1) is 18.6 Å². The van der Waals surface area contributed by atoms with Crippen molar-refractivity contribution < 1.29 is 28.5 Å². The number of carbonyl (C=O) groups is 2. The van der Waals surface area contributed by atoms with E-state index in [0.717, 1.165) is 10.8 Å². The maximum Gasteiger partial charge on any atom is 0.338 e. The van der Waals surface area contributed by atoms with Gasteiger partial charge >= 0.3 is 11.9 Å². The number of esters is 2. The number of hydrogen-bond donors (Lipinski definition) is 0. The van der Waals surface area contributed by atoms with Crippen molar-refractivity contribution in [2.24, 2.45) is 5.41 Å². The molecule has 1 heterocycles. The smallest absolute Gasteiger partial charge is 0.338 e. The fourth-order valence-corrected chi connectivity index (χ4v) is 2.73. The molecule has 2 aromatic carbocycles. The lowest BCUT2D eigenvalue weighted by atomic mass is 9.88. The molecule has 0 bridgehead atoms. The van der Waals surface area contributed by atoms with E-state index in [-0.39, 0.29) is 12.0 Å². The van der Waals surface area contributed by atoms with Gasteiger partial charge in [0.1, 0.15) is 24.7 Å². The van der Waals surface area contributed by atoms with Crippen LogP contribution >= 0.6 is 0 Å². The molecule has 3 rings (SSSR count). The van der Waals surface area contributed by atoms with E-state index in [1.807, 2.05) is 24.3 Å². The van der Waals surface area contributed by atoms with Gasteiger partial charge in [0.2, 0.25) is 0 Å². The second-order valence-corrected chi connectivity index (χ2v) is 7.48. The quantitative estimate of drug-likeness (QED) is 0.384. The maximum atomic E-state index is 11.7. The van der Waals surface area contributed by atoms with E-state index in [0.29, 0.717) is 42.5 Å². The number of hydrogen-bond acceptors (Lipinski definition) is 6. The molecule has 0 saturated carbocycles. The molecule has 0 aliphatic carbocycles. The third-order valence-electron chi connectivity index (χ3n) is 4.56. The SMILES string of the molecule is C=C(C)C(=O)OCC1(COc2ccc3cc(OC(=O)C(=C)C)ccc3c2)COC1. The highest BCUT2D eigenvalue weighted by atomic mass is 16.6. The molecule has 1 aliphatic rings. The third kappa shape index (κ3) is 5.03. The number of benzene rings is 2. The first-order chi connectivity index (χ1) is 13.8. The highest BCUT2D eigenvalue weighted by Gasteiger charge is 2.41. The molecule has 6 nitrogen and oxygen atoms in total. The van der Waals surface area contributed by atoms with Crippen molar-refractivity contribution in [1.29, 1.82) is 0 Å². The molecule has 6 heteroatoms. The number of ether oxygens (including phenoxy) is 4. The van der Waals surface area contributed by atoms with Crippen molar-refractivity contribution in [1.82, 2.24) is 0 Å². The summed E-state index contributed by atoms with van der Waals surface area (Å²) in [4.78, 5) is 23.3. The van der Waals surface area contributed by atoms with E-state index >= 15 is 0 Å². The predicted molar refractivity (Wildman–Crippen MR) is 109 cm³/mol. The Hall–Kier alpha value is -3.12. The van der Waals surface area contributed by atoms with E-state index in [1.54, 1.807) is 26.0 Å². The molecule has 152 valence electrons. The zero-order chi connectivity index (χ0) is 21.0. The van der Waals surface area contributed by atoms with Gasteiger partial charge in [0.25, 0.3) is 0 Å². The first kappa shape index (κ1) is 20.6. The van der Waals surface area contributed by atoms with Gasteiger partial charge in [-0.3, -0.25) is 0 Å². The van der Waals surface area contributed by atoms with Crippen LogP contribution in [0.4, 0.5) is 0 Å². The molecular formula is C23H24O6. The van der Waals surface area contributed by atoms with Crippen LogP contribution in [0.25, 0.3) is 10.8 Å². The van der Waals surface area contributed by atoms with Gasteiger partial charge in [-0.25, -0.2) is 9.59 Å². The predicted octanol–water partition coefficient (Wildman–Crippen LogP) is 3.84. The molecule has 0 atom stereocenters. The van der Waals surface area contributed by atoms with E-state index < -0.39 is 11.9 Å². The molecule has 0 N–H and O–H groups in total. The minimum atomic E-state index is -0.454. The topological polar surface area (TPSA) is 71.1 Å². The third-order valence-corrected chi connectivity index (χ3v) is 4.56. The standard InChI is InChI=1S/C23H24O6/c1-15(2)21(24)28-14-23(11-26-12-23)13-27-19-7-5-18-10-20(8-6-17(18)9-19)29-22(25)16(3)4/h5-10H,1,3,11-14H2,2,4H3. The van der Waals surface area contributed by atoms with E-state index in [2.05, 4.69) is 13.2 Å². The minimum absolute atomic E-state index is 0.226. The van der Waals surface area contributed by atoms with Gasteiger partial charge in [-0.05, 0) is 48.9 Å². The summed E-state index contributed by atoms with van der Waals surface area (Å²) in [5, 5.41) is 1.87. The van der Waals surface area contributed by atoms with Crippen LogP contribution in [0.1, 0.15) is 13.8 Å². The Morgan fingerprint density at radius 1 is 0.931 bits per heavy atom. The summed E-state index contributed by atoms with van der Waals surface area (Å²) in [6.07, 6.45) is 0. The van der Waals surface area contributed by atoms with Crippen molar-refractivity contribution in [3.8, 4) is 11.5 Å². The Labute approximate surface area is 169 Å². The summed E-state index contributed by atoms with van der Waals surface area (Å²) < 4.78 is 21.8. The highest BCUT2D eigenvalue weighted by molar-refractivity contribution is 5.90. The van der Waals surface area contributed by atoms with Crippen LogP contribution in [0.5, 0.6) is 11.5 Å². The van der Waals surface area contributed by atoms with Crippen molar-refractivity contribution in [2.45, 2.75) is 13.8 Å². The Balaban J connectivity index is 1.64. The molecule has 1 fully saturated rings. The number of carbonyl (C=O) groups excluding carboxylic acids is 2. The lowest BCUT2D eigenvalue weighted by molar-refractivity contribution is -0.174. The van der Waals surface area contributed by atoms with Crippen molar-refractivity contribution in [3.05, 3.63) is 60.7 Å². The van der Waals surface area contributed by atoms with Gasteiger partial charge in [-0.1, -0.05) is 25.3 Å². The van der Waals surface area contributed by atoms with Gasteiger partial charge in [0, 0.05) is 11.1 Å². The zero-order valence-electron chi connectivity index (χ0n) is 16.7. The normalized spacial score (nSPS) is 14.6. The van der Waals surface area contributed by atoms with Gasteiger partial charge in [-0.2, -0.15) is 0 Å². The second kappa shape index (κ2) is 8.49. The van der Waals surface area contributed by atoms with Crippen LogP contribution < -0.4 is 9.47 Å². The molecule has 0 spiro atoms. The Kier molecular flexibility index (Phi) is 6.03. The average molecular weight is 396 g/mol. The number of rotatable bonds is 8. The molecule has 29 heavy (non-hydrogen) atoms. The van der Waals surface area contributed by atoms with Crippen molar-refractivity contribution in [3.63, 3.8) is 0 Å². The molecule has 1 aliphatic heterocycles. The Morgan fingerprint density at radius 2 is 1.52 bits per heavy atom. The van der Waals surface area contributed by atoms with E-state index in [9.17, 15) is 9.59 Å². The largest absolute Gasteiger partial charge is 0.493 e. The van der Waals surface area contributed by atoms with Crippen LogP contribution in [0.15, 0.2) is 60.7 Å². The van der Waals surface area contributed by atoms with E-state index in [1.165, 1.54) is 0 Å². The Bertz CT molecular complexity index is 970. The highest BCUT2D eigenvalue weighted by Crippen LogP contribution is 2.31. The van der Waals surface area contributed by atoms with Crippen LogP contribution in [0.3, 0.4) is 0 Å². The summed E-state index contributed by atoms with van der Waals surface area (Å²) in [6, 6.07) is 11.0. The molecule has 0 amide bonds. The molecular weight excluding hydrogens is 372 g/mol. The van der Waals surface area contributed by atoms with Crippen LogP contribution in [-0.2, 0) is 19.1 Å². The zero-order valence-corrected chi connectivity index (χ0v) is 16.7. The lowest BCUT2D eigenvalue weighted by Crippen LogP contribution is -2.51. The molecule has 0 unspecified atom stereocenters. The van der Waals surface area contributed by atoms with Gasteiger partial charge < -0.3 is 18.9 Å². The van der Waals surface area contributed by atoms with Gasteiger partial charge in [0.15, 0.2) is 0 Å². The Morgan fingerprint density at radius 3 is 2.07 bits per heavy atom. The molecule has 1 saturated heterocycles. The minimum Gasteiger partial charge on any atom is -0.493 e. The van der Waals surface area contributed by atoms with Crippen LogP contribution in [0.2, 0.25) is 0 Å². The summed E-state index contributed by atoms with van der Waals surface area (Å²) in [7, 11) is 0. The molecule has 2 aromatic rings. The van der Waals surface area contributed by atoms with Gasteiger partial charge in [-0.15, -0.1) is 0 Å². The molecule has 0 aromatic heterocycles. The fraction of sp³-hybridized carbons (Fsp3) is 0.304. The fourth-order valence-electron chi connectivity index (χ4n) is 2.73. The molecule has 0 radical (unpaired) electrons. The summed E-state index contributed by atoms with van der Waals surface area (Å²) >= 11 is 0. The van der Waals surface area contributed by atoms with Crippen molar-refractivity contribution in [2.75, 3.05) is 26.4 Å². The van der Waals surface area contributed by atoms with Crippen LogP contribution in [0, 0.1) is 5.41 Å². The summed E-state index contributed by atoms with van der Waals surface area (Å²) in [6.45, 7) is 11.9. The summed E-state index contributed by atoms with van der Waals surface area (Å²) in [5.41, 5.74) is 0.363. The van der Waals surface area contributed by atoms with E-state index in [4.69, 9.17) is 18.9 Å². The average Bonchev–Trinajstić information content (AvgIpc) is 2.66. The lowest BCUT2D eigenvalue weighted by Gasteiger charge is -2.40.